The fourth-order valence-corrected chi connectivity index (χ4v) is 4.87. The Morgan fingerprint density at radius 2 is 1.80 bits per heavy atom. The molecule has 1 aromatic carbocycles. The fraction of sp³-hybridized carbons (Fsp3) is 0.435. The summed E-state index contributed by atoms with van der Waals surface area (Å²) in [6.45, 7) is 1.51. The summed E-state index contributed by atoms with van der Waals surface area (Å²) in [6, 6.07) is 8.13. The maximum Gasteiger partial charge on any atom is 0.274 e. The van der Waals surface area contributed by atoms with Gasteiger partial charge in [0.15, 0.2) is 5.69 Å². The van der Waals surface area contributed by atoms with Crippen molar-refractivity contribution in [2.24, 2.45) is 0 Å². The second-order valence-corrected chi connectivity index (χ2v) is 8.69. The fourth-order valence-electron chi connectivity index (χ4n) is 4.75. The van der Waals surface area contributed by atoms with E-state index in [0.717, 1.165) is 62.9 Å². The molecule has 3 aromatic rings. The molecule has 1 fully saturated rings. The Morgan fingerprint density at radius 3 is 2.53 bits per heavy atom. The lowest BCUT2D eigenvalue weighted by molar-refractivity contribution is 0.0687. The Kier molecular flexibility index (Phi) is 5.34. The van der Waals surface area contributed by atoms with E-state index in [9.17, 15) is 4.79 Å². The lowest BCUT2D eigenvalue weighted by Crippen LogP contribution is -2.39. The van der Waals surface area contributed by atoms with Crippen LogP contribution in [0.1, 0.15) is 59.9 Å². The molecule has 6 nitrogen and oxygen atoms in total. The van der Waals surface area contributed by atoms with Crippen molar-refractivity contribution in [1.29, 1.82) is 0 Å². The summed E-state index contributed by atoms with van der Waals surface area (Å²) < 4.78 is 4.13. The number of piperidine rings is 1. The first-order chi connectivity index (χ1) is 14.7. The van der Waals surface area contributed by atoms with Gasteiger partial charge in [0, 0.05) is 47.8 Å². The molecule has 30 heavy (non-hydrogen) atoms. The highest BCUT2D eigenvalue weighted by Gasteiger charge is 2.30. The van der Waals surface area contributed by atoms with Crippen LogP contribution in [0.2, 0.25) is 5.02 Å². The zero-order valence-electron chi connectivity index (χ0n) is 17.0. The van der Waals surface area contributed by atoms with Gasteiger partial charge >= 0.3 is 0 Å². The van der Waals surface area contributed by atoms with E-state index in [4.69, 9.17) is 16.7 Å². The van der Waals surface area contributed by atoms with Crippen molar-refractivity contribution >= 4 is 17.5 Å². The third-order valence-corrected chi connectivity index (χ3v) is 6.65. The molecule has 5 rings (SSSR count). The molecule has 0 spiro atoms. The number of carbonyl (C=O) groups excluding carboxylic acids is 1. The third-order valence-electron chi connectivity index (χ3n) is 6.40. The first kappa shape index (κ1) is 19.4. The number of halogens is 1. The Labute approximate surface area is 181 Å². The molecule has 1 aliphatic heterocycles. The van der Waals surface area contributed by atoms with Gasteiger partial charge in [0.2, 0.25) is 0 Å². The predicted molar refractivity (Wildman–Crippen MR) is 116 cm³/mol. The molecule has 1 aliphatic carbocycles. The average Bonchev–Trinajstić information content (AvgIpc) is 3.37. The highest BCUT2D eigenvalue weighted by atomic mass is 35.5. The van der Waals surface area contributed by atoms with Crippen LogP contribution in [0, 0.1) is 0 Å². The highest BCUT2D eigenvalue weighted by molar-refractivity contribution is 6.30. The van der Waals surface area contributed by atoms with Crippen molar-refractivity contribution in [2.75, 3.05) is 13.1 Å². The van der Waals surface area contributed by atoms with Crippen LogP contribution >= 0.6 is 11.6 Å². The molecule has 0 radical (unpaired) electrons. The Balaban J connectivity index is 1.42. The zero-order chi connectivity index (χ0) is 20.5. The van der Waals surface area contributed by atoms with Crippen molar-refractivity contribution < 1.29 is 4.79 Å². The Morgan fingerprint density at radius 1 is 1.03 bits per heavy atom. The van der Waals surface area contributed by atoms with Crippen molar-refractivity contribution in [3.63, 3.8) is 0 Å². The summed E-state index contributed by atoms with van der Waals surface area (Å²) in [5.74, 6) is 0.0740. The summed E-state index contributed by atoms with van der Waals surface area (Å²) in [7, 11) is 0. The van der Waals surface area contributed by atoms with Gasteiger partial charge in [-0.25, -0.2) is 9.67 Å². The van der Waals surface area contributed by atoms with E-state index in [1.807, 2.05) is 52.6 Å². The van der Waals surface area contributed by atoms with Gasteiger partial charge in [-0.1, -0.05) is 18.0 Å². The number of carbonyl (C=O) groups is 1. The van der Waals surface area contributed by atoms with Crippen molar-refractivity contribution in [2.45, 2.75) is 51.0 Å². The lowest BCUT2D eigenvalue weighted by Gasteiger charge is -2.32. The SMILES string of the molecule is O=C(c1nn(-c2ccc(Cl)cc2)c2c1CCCCC2)N1CCC(n2ccnc2)CC1. The van der Waals surface area contributed by atoms with Gasteiger partial charge in [-0.3, -0.25) is 4.79 Å². The normalized spacial score (nSPS) is 17.6. The molecule has 0 atom stereocenters. The van der Waals surface area contributed by atoms with Gasteiger partial charge in [0.25, 0.3) is 5.91 Å². The second-order valence-electron chi connectivity index (χ2n) is 8.26. The minimum atomic E-state index is 0.0740. The van der Waals surface area contributed by atoms with Gasteiger partial charge in [-0.05, 0) is 62.8 Å². The molecule has 156 valence electrons. The second kappa shape index (κ2) is 8.26. The summed E-state index contributed by atoms with van der Waals surface area (Å²) >= 11 is 6.08. The first-order valence-electron chi connectivity index (χ1n) is 10.8. The molecular formula is C23H26ClN5O. The summed E-state index contributed by atoms with van der Waals surface area (Å²) in [5, 5.41) is 5.55. The number of rotatable bonds is 3. The summed E-state index contributed by atoms with van der Waals surface area (Å²) in [6.07, 6.45) is 12.9. The third kappa shape index (κ3) is 3.65. The van der Waals surface area contributed by atoms with Crippen molar-refractivity contribution in [3.05, 3.63) is 65.0 Å². The maximum atomic E-state index is 13.5. The largest absolute Gasteiger partial charge is 0.337 e. The van der Waals surface area contributed by atoms with Gasteiger partial charge in [-0.15, -0.1) is 0 Å². The average molecular weight is 424 g/mol. The lowest BCUT2D eigenvalue weighted by atomic mass is 10.0. The van der Waals surface area contributed by atoms with Gasteiger partial charge in [-0.2, -0.15) is 5.10 Å². The van der Waals surface area contributed by atoms with Crippen LogP contribution in [0.25, 0.3) is 5.69 Å². The number of hydrogen-bond acceptors (Lipinski definition) is 3. The maximum absolute atomic E-state index is 13.5. The smallest absolute Gasteiger partial charge is 0.274 e. The summed E-state index contributed by atoms with van der Waals surface area (Å²) in [5.41, 5.74) is 3.94. The molecule has 2 aromatic heterocycles. The van der Waals surface area contributed by atoms with E-state index < -0.39 is 0 Å². The molecular weight excluding hydrogens is 398 g/mol. The standard InChI is InChI=1S/C23H26ClN5O/c24-17-6-8-19(9-7-17)29-21-5-3-1-2-4-20(21)22(26-29)23(30)27-13-10-18(11-14-27)28-15-12-25-16-28/h6-9,12,15-16,18H,1-5,10-11,13-14H2. The molecule has 0 unspecified atom stereocenters. The first-order valence-corrected chi connectivity index (χ1v) is 11.2. The van der Waals surface area contributed by atoms with E-state index in [1.54, 1.807) is 0 Å². The van der Waals surface area contributed by atoms with Gasteiger partial charge < -0.3 is 9.47 Å². The van der Waals surface area contributed by atoms with E-state index in [1.165, 1.54) is 12.1 Å². The van der Waals surface area contributed by atoms with Crippen LogP contribution in [0.15, 0.2) is 43.0 Å². The minimum absolute atomic E-state index is 0.0740. The topological polar surface area (TPSA) is 56.0 Å². The highest BCUT2D eigenvalue weighted by Crippen LogP contribution is 2.29. The molecule has 1 saturated heterocycles. The molecule has 0 bridgehead atoms. The zero-order valence-corrected chi connectivity index (χ0v) is 17.8. The van der Waals surface area contributed by atoms with Crippen LogP contribution in [0.5, 0.6) is 0 Å². The molecule has 0 saturated carbocycles. The van der Waals surface area contributed by atoms with Crippen LogP contribution in [0.3, 0.4) is 0 Å². The quantitative estimate of drug-likeness (QED) is 0.584. The van der Waals surface area contributed by atoms with Crippen LogP contribution in [0.4, 0.5) is 0 Å². The molecule has 1 amide bonds. The molecule has 3 heterocycles. The van der Waals surface area contributed by atoms with E-state index in [2.05, 4.69) is 9.55 Å². The number of aromatic nitrogens is 4. The van der Waals surface area contributed by atoms with E-state index in [0.29, 0.717) is 16.8 Å². The van der Waals surface area contributed by atoms with E-state index >= 15 is 0 Å². The van der Waals surface area contributed by atoms with Gasteiger partial charge in [0.05, 0.1) is 12.0 Å². The molecule has 2 aliphatic rings. The number of likely N-dealkylation sites (tertiary alicyclic amines) is 1. The number of fused-ring (bicyclic) bond motifs is 1. The van der Waals surface area contributed by atoms with E-state index in [-0.39, 0.29) is 5.91 Å². The predicted octanol–water partition coefficient (Wildman–Crippen LogP) is 4.47. The van der Waals surface area contributed by atoms with Crippen LogP contribution in [-0.2, 0) is 12.8 Å². The van der Waals surface area contributed by atoms with Crippen molar-refractivity contribution in [3.8, 4) is 5.69 Å². The van der Waals surface area contributed by atoms with Crippen LogP contribution in [-0.4, -0.2) is 43.2 Å². The number of hydrogen-bond donors (Lipinski definition) is 0. The van der Waals surface area contributed by atoms with Crippen LogP contribution < -0.4 is 0 Å². The number of amides is 1. The summed E-state index contributed by atoms with van der Waals surface area (Å²) in [4.78, 5) is 19.6. The number of nitrogens with zero attached hydrogens (tertiary/aromatic N) is 5. The molecule has 7 heteroatoms. The van der Waals surface area contributed by atoms with Crippen molar-refractivity contribution in [1.82, 2.24) is 24.2 Å². The minimum Gasteiger partial charge on any atom is -0.337 e. The number of benzene rings is 1. The monoisotopic (exact) mass is 423 g/mol. The Bertz CT molecular complexity index is 1020. The Hall–Kier alpha value is -2.60. The number of imidazole rings is 1. The molecule has 0 N–H and O–H groups in total. The van der Waals surface area contributed by atoms with Gasteiger partial charge in [0.1, 0.15) is 0 Å².